The average Bonchev–Trinajstić information content (AvgIpc) is 3.11. The van der Waals surface area contributed by atoms with Gasteiger partial charge >= 0.3 is 0 Å². The third kappa shape index (κ3) is 4.05. The van der Waals surface area contributed by atoms with Gasteiger partial charge in [0.15, 0.2) is 5.78 Å². The number of benzene rings is 1. The topological polar surface area (TPSA) is 74.8 Å². The lowest BCUT2D eigenvalue weighted by molar-refractivity contribution is 0.0702. The molecule has 0 atom stereocenters. The van der Waals surface area contributed by atoms with Crippen LogP contribution in [0.3, 0.4) is 0 Å². The van der Waals surface area contributed by atoms with Gasteiger partial charge in [-0.25, -0.2) is 8.42 Å². The van der Waals surface area contributed by atoms with Crippen molar-refractivity contribution < 1.29 is 18.0 Å². The summed E-state index contributed by atoms with van der Waals surface area (Å²) in [6, 6.07) is 7.78. The van der Waals surface area contributed by atoms with Gasteiger partial charge in [0.1, 0.15) is 4.90 Å². The summed E-state index contributed by atoms with van der Waals surface area (Å²) in [6.45, 7) is 2.21. The van der Waals surface area contributed by atoms with Gasteiger partial charge in [0.2, 0.25) is 10.0 Å². The van der Waals surface area contributed by atoms with Crippen molar-refractivity contribution in [3.63, 3.8) is 0 Å². The molecule has 1 aromatic heterocycles. The molecule has 1 aliphatic heterocycles. The van der Waals surface area contributed by atoms with Gasteiger partial charge in [0, 0.05) is 26.2 Å². The van der Waals surface area contributed by atoms with Crippen molar-refractivity contribution in [2.75, 3.05) is 26.2 Å². The fraction of sp³-hybridized carbons (Fsp3) is 0.294. The summed E-state index contributed by atoms with van der Waals surface area (Å²) in [4.78, 5) is 26.4. The number of rotatable bonds is 4. The largest absolute Gasteiger partial charge is 0.335 e. The molecule has 0 bridgehead atoms. The van der Waals surface area contributed by atoms with Crippen LogP contribution in [0, 0.1) is 0 Å². The molecule has 1 aromatic carbocycles. The van der Waals surface area contributed by atoms with Gasteiger partial charge in [-0.1, -0.05) is 29.3 Å². The second-order valence-electron chi connectivity index (χ2n) is 5.97. The predicted molar refractivity (Wildman–Crippen MR) is 105 cm³/mol. The number of nitrogens with zero attached hydrogens (tertiary/aromatic N) is 2. The molecule has 0 aliphatic carbocycles. The number of piperazine rings is 1. The monoisotopic (exact) mass is 446 g/mol. The number of carbonyl (C=O) groups excluding carboxylic acids is 2. The van der Waals surface area contributed by atoms with Crippen LogP contribution in [0.5, 0.6) is 0 Å². The van der Waals surface area contributed by atoms with Crippen LogP contribution in [-0.4, -0.2) is 55.5 Å². The Hall–Kier alpha value is -1.45. The molecule has 1 saturated heterocycles. The van der Waals surface area contributed by atoms with E-state index in [0.29, 0.717) is 9.75 Å². The lowest BCUT2D eigenvalue weighted by atomic mass is 10.3. The first kappa shape index (κ1) is 20.3. The molecule has 0 N–H and O–H groups in total. The number of amides is 1. The van der Waals surface area contributed by atoms with Crippen LogP contribution in [0.15, 0.2) is 35.2 Å². The molecule has 144 valence electrons. The van der Waals surface area contributed by atoms with E-state index >= 15 is 0 Å². The van der Waals surface area contributed by atoms with E-state index < -0.39 is 10.0 Å². The van der Waals surface area contributed by atoms with Crippen molar-refractivity contribution >= 4 is 56.3 Å². The summed E-state index contributed by atoms with van der Waals surface area (Å²) in [5.74, 6) is -0.299. The summed E-state index contributed by atoms with van der Waals surface area (Å²) in [5.41, 5.74) is 0. The lowest BCUT2D eigenvalue weighted by Gasteiger charge is -2.34. The first-order valence-corrected chi connectivity index (χ1v) is 11.1. The van der Waals surface area contributed by atoms with E-state index in [-0.39, 0.29) is 52.8 Å². The molecule has 0 saturated carbocycles. The van der Waals surface area contributed by atoms with Crippen LogP contribution in [-0.2, 0) is 10.0 Å². The lowest BCUT2D eigenvalue weighted by Crippen LogP contribution is -2.50. The number of Topliss-reactive ketones (excluding diaryl/α,β-unsaturated/α-hetero) is 1. The molecule has 2 heterocycles. The molecule has 27 heavy (non-hydrogen) atoms. The molecule has 6 nitrogen and oxygen atoms in total. The van der Waals surface area contributed by atoms with E-state index in [9.17, 15) is 18.0 Å². The summed E-state index contributed by atoms with van der Waals surface area (Å²) >= 11 is 13.2. The van der Waals surface area contributed by atoms with E-state index in [1.165, 1.54) is 23.4 Å². The van der Waals surface area contributed by atoms with Gasteiger partial charge in [-0.3, -0.25) is 9.59 Å². The Kier molecular flexibility index (Phi) is 5.93. The Bertz CT molecular complexity index is 976. The summed E-state index contributed by atoms with van der Waals surface area (Å²) in [7, 11) is -3.85. The zero-order valence-corrected chi connectivity index (χ0v) is 17.5. The third-order valence-electron chi connectivity index (χ3n) is 4.21. The van der Waals surface area contributed by atoms with Gasteiger partial charge < -0.3 is 4.90 Å². The van der Waals surface area contributed by atoms with E-state index in [1.54, 1.807) is 23.1 Å². The zero-order chi connectivity index (χ0) is 19.8. The van der Waals surface area contributed by atoms with E-state index in [4.69, 9.17) is 23.2 Å². The predicted octanol–water partition coefficient (Wildman–Crippen LogP) is 3.40. The molecule has 0 unspecified atom stereocenters. The van der Waals surface area contributed by atoms with Crippen LogP contribution >= 0.6 is 34.5 Å². The number of sulfonamides is 1. The first-order chi connectivity index (χ1) is 12.7. The highest BCUT2D eigenvalue weighted by molar-refractivity contribution is 7.89. The summed E-state index contributed by atoms with van der Waals surface area (Å²) < 4.78 is 27.0. The molecular weight excluding hydrogens is 431 g/mol. The first-order valence-electron chi connectivity index (χ1n) is 8.06. The van der Waals surface area contributed by atoms with Crippen molar-refractivity contribution in [2.24, 2.45) is 0 Å². The zero-order valence-electron chi connectivity index (χ0n) is 14.3. The van der Waals surface area contributed by atoms with Crippen molar-refractivity contribution in [3.05, 3.63) is 50.1 Å². The van der Waals surface area contributed by atoms with Gasteiger partial charge in [-0.15, -0.1) is 11.3 Å². The molecule has 1 fully saturated rings. The maximum atomic E-state index is 12.9. The Balaban J connectivity index is 1.73. The Morgan fingerprint density at radius 2 is 1.52 bits per heavy atom. The normalized spacial score (nSPS) is 15.7. The van der Waals surface area contributed by atoms with Crippen molar-refractivity contribution in [2.45, 2.75) is 11.8 Å². The molecule has 1 amide bonds. The summed E-state index contributed by atoms with van der Waals surface area (Å²) in [5, 5.41) is 0.132. The molecule has 1 aliphatic rings. The van der Waals surface area contributed by atoms with Gasteiger partial charge in [-0.2, -0.15) is 4.31 Å². The summed E-state index contributed by atoms with van der Waals surface area (Å²) in [6.07, 6.45) is 0. The van der Waals surface area contributed by atoms with Crippen molar-refractivity contribution in [1.82, 2.24) is 9.21 Å². The van der Waals surface area contributed by atoms with Crippen LogP contribution < -0.4 is 0 Å². The Labute approximate surface area is 171 Å². The fourth-order valence-electron chi connectivity index (χ4n) is 2.79. The van der Waals surface area contributed by atoms with Crippen molar-refractivity contribution in [1.29, 1.82) is 0 Å². The smallest absolute Gasteiger partial charge is 0.264 e. The minimum absolute atomic E-state index is 0.0661. The van der Waals surface area contributed by atoms with Gasteiger partial charge in [-0.05, 0) is 31.2 Å². The van der Waals surface area contributed by atoms with Gasteiger partial charge in [0.25, 0.3) is 5.91 Å². The Morgan fingerprint density at radius 3 is 2.04 bits per heavy atom. The molecule has 0 spiro atoms. The maximum absolute atomic E-state index is 12.9. The standard InChI is InChI=1S/C17H16Cl2N2O4S2/c1-11(22)14-5-6-15(26-14)17(23)20-7-9-21(10-8-20)27(24,25)16-12(18)3-2-4-13(16)19/h2-6H,7-10H2,1H3. The number of halogens is 2. The molecule has 0 radical (unpaired) electrons. The van der Waals surface area contributed by atoms with E-state index in [1.807, 2.05) is 0 Å². The van der Waals surface area contributed by atoms with Crippen LogP contribution in [0.2, 0.25) is 10.0 Å². The highest BCUT2D eigenvalue weighted by Gasteiger charge is 2.33. The number of carbonyl (C=O) groups is 2. The minimum atomic E-state index is -3.85. The molecule has 10 heteroatoms. The molecular formula is C17H16Cl2N2O4S2. The highest BCUT2D eigenvalue weighted by Crippen LogP contribution is 2.32. The molecule has 3 rings (SSSR count). The minimum Gasteiger partial charge on any atom is -0.335 e. The quantitative estimate of drug-likeness (QED) is 0.674. The van der Waals surface area contributed by atoms with Gasteiger partial charge in [0.05, 0.1) is 19.8 Å². The van der Waals surface area contributed by atoms with Crippen LogP contribution in [0.25, 0.3) is 0 Å². The maximum Gasteiger partial charge on any atom is 0.264 e. The Morgan fingerprint density at radius 1 is 0.963 bits per heavy atom. The second-order valence-corrected chi connectivity index (χ2v) is 9.74. The third-order valence-corrected chi connectivity index (χ3v) is 8.24. The highest BCUT2D eigenvalue weighted by atomic mass is 35.5. The number of thiophene rings is 1. The average molecular weight is 447 g/mol. The fourth-order valence-corrected chi connectivity index (χ4v) is 6.17. The second kappa shape index (κ2) is 7.89. The molecule has 2 aromatic rings. The van der Waals surface area contributed by atoms with Crippen LogP contribution in [0.1, 0.15) is 26.3 Å². The van der Waals surface area contributed by atoms with E-state index in [2.05, 4.69) is 0 Å². The van der Waals surface area contributed by atoms with E-state index in [0.717, 1.165) is 11.3 Å². The number of hydrogen-bond donors (Lipinski definition) is 0. The number of ketones is 1. The van der Waals surface area contributed by atoms with Crippen molar-refractivity contribution in [3.8, 4) is 0 Å². The SMILES string of the molecule is CC(=O)c1ccc(C(=O)N2CCN(S(=O)(=O)c3c(Cl)cccc3Cl)CC2)s1. The number of hydrogen-bond acceptors (Lipinski definition) is 5. The van der Waals surface area contributed by atoms with Crippen LogP contribution in [0.4, 0.5) is 0 Å².